The lowest BCUT2D eigenvalue weighted by Crippen LogP contribution is -2.53. The van der Waals surface area contributed by atoms with Crippen molar-refractivity contribution in [3.63, 3.8) is 0 Å². The molecule has 1 saturated heterocycles. The number of carbonyl (C=O) groups is 4. The molecule has 0 spiro atoms. The second-order valence-corrected chi connectivity index (χ2v) is 8.53. The Kier molecular flexibility index (Phi) is 8.90. The lowest BCUT2D eigenvalue weighted by molar-refractivity contribution is -0.142. The van der Waals surface area contributed by atoms with Crippen LogP contribution in [0.5, 0.6) is 5.75 Å². The number of hydrogen-bond acceptors (Lipinski definition) is 5. The van der Waals surface area contributed by atoms with E-state index < -0.39 is 53.9 Å². The van der Waals surface area contributed by atoms with E-state index in [1.165, 1.54) is 19.2 Å². The third-order valence-electron chi connectivity index (χ3n) is 6.09. The van der Waals surface area contributed by atoms with Gasteiger partial charge in [0.2, 0.25) is 17.6 Å². The molecule has 1 fully saturated rings. The minimum atomic E-state index is -4.70. The van der Waals surface area contributed by atoms with Crippen LogP contribution in [0.15, 0.2) is 48.5 Å². The molecule has 1 heterocycles. The predicted octanol–water partition coefficient (Wildman–Crippen LogP) is 2.64. The van der Waals surface area contributed by atoms with Crippen LogP contribution in [0.1, 0.15) is 36.5 Å². The highest BCUT2D eigenvalue weighted by atomic mass is 19.4. The Balaban J connectivity index is 1.87. The lowest BCUT2D eigenvalue weighted by atomic mass is 10.0. The van der Waals surface area contributed by atoms with E-state index in [-0.39, 0.29) is 37.1 Å². The van der Waals surface area contributed by atoms with E-state index in [1.54, 1.807) is 37.3 Å². The number of amides is 3. The number of nitrogens with one attached hydrogen (secondary N) is 2. The van der Waals surface area contributed by atoms with Crippen LogP contribution in [-0.2, 0) is 38.3 Å². The van der Waals surface area contributed by atoms with Crippen molar-refractivity contribution >= 4 is 23.5 Å². The van der Waals surface area contributed by atoms with Gasteiger partial charge >= 0.3 is 6.18 Å². The van der Waals surface area contributed by atoms with Crippen LogP contribution in [-0.4, -0.2) is 54.1 Å². The van der Waals surface area contributed by atoms with Gasteiger partial charge in [0.05, 0.1) is 19.2 Å². The Labute approximate surface area is 212 Å². The van der Waals surface area contributed by atoms with Crippen LogP contribution in [0, 0.1) is 0 Å². The molecule has 2 N–H and O–H groups in total. The molecule has 0 radical (unpaired) electrons. The third-order valence-corrected chi connectivity index (χ3v) is 6.09. The van der Waals surface area contributed by atoms with Gasteiger partial charge in [0.1, 0.15) is 17.8 Å². The standard InChI is InChI=1S/C26H28F3N3O5/c1-3-30-25(36)23(34)19(14-16-8-5-4-6-9-16)31-24(35)20-12-13-22(33)32(20)15-17-18(26(27,28)29)10-7-11-21(17)37-2/h4-11,19-20H,3,12-15H2,1-2H3,(H,30,36)(H,31,35)/t19-,20?/m0/s1. The number of ketones is 1. The Morgan fingerprint density at radius 2 is 1.81 bits per heavy atom. The van der Waals surface area contributed by atoms with Crippen molar-refractivity contribution in [2.75, 3.05) is 13.7 Å². The number of rotatable bonds is 10. The molecule has 2 aromatic rings. The van der Waals surface area contributed by atoms with Gasteiger partial charge in [-0.05, 0) is 31.0 Å². The minimum Gasteiger partial charge on any atom is -0.496 e. The summed E-state index contributed by atoms with van der Waals surface area (Å²) in [4.78, 5) is 52.0. The zero-order chi connectivity index (χ0) is 27.2. The fourth-order valence-corrected chi connectivity index (χ4v) is 4.29. The molecule has 8 nitrogen and oxygen atoms in total. The minimum absolute atomic E-state index is 0.0218. The number of methoxy groups -OCH3 is 1. The van der Waals surface area contributed by atoms with Gasteiger partial charge in [-0.15, -0.1) is 0 Å². The second-order valence-electron chi connectivity index (χ2n) is 8.53. The molecule has 1 unspecified atom stereocenters. The highest BCUT2D eigenvalue weighted by Gasteiger charge is 2.41. The highest BCUT2D eigenvalue weighted by Crippen LogP contribution is 2.37. The maximum absolute atomic E-state index is 13.7. The number of Topliss-reactive ketones (excluding diaryl/α,β-unsaturated/α-hetero) is 1. The van der Waals surface area contributed by atoms with Gasteiger partial charge < -0.3 is 20.3 Å². The molecule has 0 aliphatic carbocycles. The number of halogens is 3. The van der Waals surface area contributed by atoms with Crippen LogP contribution in [0.4, 0.5) is 13.2 Å². The van der Waals surface area contributed by atoms with E-state index >= 15 is 0 Å². The number of benzene rings is 2. The Morgan fingerprint density at radius 1 is 1.11 bits per heavy atom. The molecule has 0 aromatic heterocycles. The van der Waals surface area contributed by atoms with Gasteiger partial charge in [-0.25, -0.2) is 0 Å². The van der Waals surface area contributed by atoms with Crippen LogP contribution in [0.3, 0.4) is 0 Å². The van der Waals surface area contributed by atoms with E-state index in [0.29, 0.717) is 5.56 Å². The van der Waals surface area contributed by atoms with E-state index in [4.69, 9.17) is 4.74 Å². The molecule has 11 heteroatoms. The first-order valence-corrected chi connectivity index (χ1v) is 11.8. The summed E-state index contributed by atoms with van der Waals surface area (Å²) in [6, 6.07) is 9.80. The monoisotopic (exact) mass is 519 g/mol. The molecular weight excluding hydrogens is 491 g/mol. The van der Waals surface area contributed by atoms with Crippen molar-refractivity contribution in [1.82, 2.24) is 15.5 Å². The largest absolute Gasteiger partial charge is 0.496 e. The molecule has 37 heavy (non-hydrogen) atoms. The average Bonchev–Trinajstić information content (AvgIpc) is 3.23. The summed E-state index contributed by atoms with van der Waals surface area (Å²) in [6.45, 7) is 1.34. The normalized spacial score (nSPS) is 16.3. The molecule has 3 amide bonds. The number of hydrogen-bond donors (Lipinski definition) is 2. The number of nitrogens with zero attached hydrogens (tertiary/aromatic N) is 1. The summed E-state index contributed by atoms with van der Waals surface area (Å²) in [7, 11) is 1.22. The van der Waals surface area contributed by atoms with Gasteiger partial charge in [0.15, 0.2) is 0 Å². The van der Waals surface area contributed by atoms with Gasteiger partial charge in [-0.2, -0.15) is 13.2 Å². The van der Waals surface area contributed by atoms with Gasteiger partial charge in [-0.3, -0.25) is 19.2 Å². The lowest BCUT2D eigenvalue weighted by Gasteiger charge is -2.28. The van der Waals surface area contributed by atoms with E-state index in [2.05, 4.69) is 10.6 Å². The molecule has 2 aromatic carbocycles. The highest BCUT2D eigenvalue weighted by molar-refractivity contribution is 6.38. The van der Waals surface area contributed by atoms with Gasteiger partial charge in [0, 0.05) is 24.9 Å². The van der Waals surface area contributed by atoms with Crippen molar-refractivity contribution in [2.45, 2.75) is 51.0 Å². The van der Waals surface area contributed by atoms with E-state index in [0.717, 1.165) is 11.0 Å². The van der Waals surface area contributed by atoms with Crippen LogP contribution in [0.2, 0.25) is 0 Å². The number of alkyl halides is 3. The maximum Gasteiger partial charge on any atom is 0.416 e. The number of likely N-dealkylation sites (N-methyl/N-ethyl adjacent to an activating group) is 1. The summed E-state index contributed by atoms with van der Waals surface area (Å²) < 4.78 is 46.2. The second kappa shape index (κ2) is 11.9. The van der Waals surface area contributed by atoms with E-state index in [9.17, 15) is 32.3 Å². The number of likely N-dealkylation sites (tertiary alicyclic amines) is 1. The van der Waals surface area contributed by atoms with Crippen LogP contribution >= 0.6 is 0 Å². The molecule has 198 valence electrons. The third kappa shape index (κ3) is 6.66. The zero-order valence-corrected chi connectivity index (χ0v) is 20.4. The Morgan fingerprint density at radius 3 is 2.43 bits per heavy atom. The van der Waals surface area contributed by atoms with Crippen molar-refractivity contribution in [3.05, 3.63) is 65.2 Å². The molecule has 3 rings (SSSR count). The SMILES string of the molecule is CCNC(=O)C(=O)[C@H](Cc1ccccc1)NC(=O)C1CCC(=O)N1Cc1c(OC)cccc1C(F)(F)F. The first-order valence-electron chi connectivity index (χ1n) is 11.8. The summed E-state index contributed by atoms with van der Waals surface area (Å²) in [5.74, 6) is -3.03. The van der Waals surface area contributed by atoms with Gasteiger partial charge in [0.25, 0.3) is 5.91 Å². The topological polar surface area (TPSA) is 105 Å². The molecule has 2 atom stereocenters. The molecule has 0 bridgehead atoms. The summed E-state index contributed by atoms with van der Waals surface area (Å²) >= 11 is 0. The zero-order valence-electron chi connectivity index (χ0n) is 20.4. The number of ether oxygens (including phenoxy) is 1. The fraction of sp³-hybridized carbons (Fsp3) is 0.385. The summed E-state index contributed by atoms with van der Waals surface area (Å²) in [6.07, 6.45) is -4.69. The molecule has 1 aliphatic rings. The quantitative estimate of drug-likeness (QED) is 0.470. The van der Waals surface area contributed by atoms with E-state index in [1.807, 2.05) is 0 Å². The summed E-state index contributed by atoms with van der Waals surface area (Å²) in [5.41, 5.74) is -0.558. The first-order chi connectivity index (χ1) is 17.6. The maximum atomic E-state index is 13.7. The molecular formula is C26H28F3N3O5. The van der Waals surface area contributed by atoms with Crippen molar-refractivity contribution in [3.8, 4) is 5.75 Å². The van der Waals surface area contributed by atoms with Crippen LogP contribution in [0.25, 0.3) is 0 Å². The predicted molar refractivity (Wildman–Crippen MR) is 127 cm³/mol. The number of carbonyl (C=O) groups excluding carboxylic acids is 4. The van der Waals surface area contributed by atoms with Crippen molar-refractivity contribution < 1.29 is 37.1 Å². The fourth-order valence-electron chi connectivity index (χ4n) is 4.29. The smallest absolute Gasteiger partial charge is 0.416 e. The van der Waals surface area contributed by atoms with Gasteiger partial charge in [-0.1, -0.05) is 36.4 Å². The molecule has 1 aliphatic heterocycles. The molecule has 0 saturated carbocycles. The van der Waals surface area contributed by atoms with Crippen LogP contribution < -0.4 is 15.4 Å². The Hall–Kier alpha value is -3.89. The average molecular weight is 520 g/mol. The first kappa shape index (κ1) is 27.7. The van der Waals surface area contributed by atoms with Crippen molar-refractivity contribution in [2.24, 2.45) is 0 Å². The Bertz CT molecular complexity index is 1150. The van der Waals surface area contributed by atoms with Crippen molar-refractivity contribution in [1.29, 1.82) is 0 Å². The summed E-state index contributed by atoms with van der Waals surface area (Å²) in [5, 5.41) is 4.97.